The molecule has 0 aromatic heterocycles. The lowest BCUT2D eigenvalue weighted by Crippen LogP contribution is -2.40. The van der Waals surface area contributed by atoms with Crippen LogP contribution in [0, 0.1) is 5.92 Å². The second-order valence-corrected chi connectivity index (χ2v) is 10.1. The summed E-state index contributed by atoms with van der Waals surface area (Å²) in [6, 6.07) is 15.6. The van der Waals surface area contributed by atoms with E-state index < -0.39 is 0 Å². The molecule has 2 unspecified atom stereocenters. The predicted molar refractivity (Wildman–Crippen MR) is 128 cm³/mol. The van der Waals surface area contributed by atoms with Crippen LogP contribution in [-0.2, 0) is 12.8 Å². The molecule has 170 valence electrons. The number of carbonyl (C=O) groups excluding carboxylic acids is 1. The Hall–Kier alpha value is -2.33. The molecule has 0 bridgehead atoms. The molecule has 3 aliphatic rings. The van der Waals surface area contributed by atoms with Crippen LogP contribution in [0.3, 0.4) is 0 Å². The standard InChI is InChI=1S/C28H36N2O2/c1-29-16-4-3-5-27(29)24-9-8-23-18-25(13-10-22(23)17-24)30(2)28(31)21-11-14-26(15-12-21)32-19-20-6-7-20/h8-9,11-12,14-15,17,20,25,27H,3-7,10,13,16,18-19H2,1-2H3. The van der Waals surface area contributed by atoms with Crippen LogP contribution in [0.4, 0.5) is 0 Å². The summed E-state index contributed by atoms with van der Waals surface area (Å²) in [6.45, 7) is 2.00. The van der Waals surface area contributed by atoms with E-state index in [0.717, 1.165) is 43.1 Å². The fourth-order valence-corrected chi connectivity index (χ4v) is 5.35. The van der Waals surface area contributed by atoms with Gasteiger partial charge >= 0.3 is 0 Å². The van der Waals surface area contributed by atoms with Gasteiger partial charge in [-0.15, -0.1) is 0 Å². The summed E-state index contributed by atoms with van der Waals surface area (Å²) < 4.78 is 5.81. The highest BCUT2D eigenvalue weighted by Crippen LogP contribution is 2.33. The first-order chi connectivity index (χ1) is 15.6. The number of fused-ring (bicyclic) bond motifs is 1. The van der Waals surface area contributed by atoms with Gasteiger partial charge in [-0.3, -0.25) is 9.69 Å². The number of likely N-dealkylation sites (tertiary alicyclic amines) is 1. The second-order valence-electron chi connectivity index (χ2n) is 10.1. The topological polar surface area (TPSA) is 32.8 Å². The first-order valence-electron chi connectivity index (χ1n) is 12.4. The summed E-state index contributed by atoms with van der Waals surface area (Å²) in [6.07, 6.45) is 9.50. The molecular formula is C28H36N2O2. The van der Waals surface area contributed by atoms with Crippen molar-refractivity contribution in [1.82, 2.24) is 9.80 Å². The number of benzene rings is 2. The highest BCUT2D eigenvalue weighted by atomic mass is 16.5. The van der Waals surface area contributed by atoms with Crippen molar-refractivity contribution in [2.24, 2.45) is 5.92 Å². The molecule has 0 radical (unpaired) electrons. The van der Waals surface area contributed by atoms with Crippen molar-refractivity contribution in [2.45, 2.75) is 63.5 Å². The number of hydrogen-bond donors (Lipinski definition) is 0. The van der Waals surface area contributed by atoms with E-state index in [0.29, 0.717) is 6.04 Å². The SMILES string of the molecule is CN1CCCCC1c1ccc2c(c1)CCC(N(C)C(=O)c1ccc(OCC3CC3)cc1)C2. The molecule has 4 nitrogen and oxygen atoms in total. The Kier molecular flexibility index (Phi) is 6.23. The van der Waals surface area contributed by atoms with E-state index in [1.54, 1.807) is 0 Å². The van der Waals surface area contributed by atoms with Crippen LogP contribution in [0.25, 0.3) is 0 Å². The molecular weight excluding hydrogens is 396 g/mol. The lowest BCUT2D eigenvalue weighted by molar-refractivity contribution is 0.0719. The monoisotopic (exact) mass is 432 g/mol. The smallest absolute Gasteiger partial charge is 0.253 e. The number of aryl methyl sites for hydroxylation is 1. The lowest BCUT2D eigenvalue weighted by Gasteiger charge is -2.35. The van der Waals surface area contributed by atoms with E-state index in [2.05, 4.69) is 30.1 Å². The van der Waals surface area contributed by atoms with Gasteiger partial charge in [0, 0.05) is 24.7 Å². The number of likely N-dealkylation sites (N-methyl/N-ethyl adjacent to an activating group) is 1. The molecule has 4 heteroatoms. The molecule has 2 aromatic rings. The molecule has 2 aromatic carbocycles. The van der Waals surface area contributed by atoms with E-state index in [1.165, 1.54) is 55.3 Å². The maximum atomic E-state index is 13.1. The normalized spacial score (nSPS) is 23.4. The Bertz CT molecular complexity index is 950. The Balaban J connectivity index is 1.22. The van der Waals surface area contributed by atoms with E-state index in [-0.39, 0.29) is 11.9 Å². The van der Waals surface area contributed by atoms with Crippen LogP contribution < -0.4 is 4.74 Å². The zero-order chi connectivity index (χ0) is 22.1. The zero-order valence-electron chi connectivity index (χ0n) is 19.6. The first-order valence-corrected chi connectivity index (χ1v) is 12.4. The first kappa shape index (κ1) is 21.5. The van der Waals surface area contributed by atoms with Crippen LogP contribution in [0.2, 0.25) is 0 Å². The van der Waals surface area contributed by atoms with Gasteiger partial charge in [-0.2, -0.15) is 0 Å². The van der Waals surface area contributed by atoms with E-state index >= 15 is 0 Å². The van der Waals surface area contributed by atoms with Crippen LogP contribution >= 0.6 is 0 Å². The van der Waals surface area contributed by atoms with E-state index in [1.807, 2.05) is 36.2 Å². The summed E-state index contributed by atoms with van der Waals surface area (Å²) in [7, 11) is 4.21. The molecule has 1 heterocycles. The van der Waals surface area contributed by atoms with Crippen molar-refractivity contribution < 1.29 is 9.53 Å². The second kappa shape index (κ2) is 9.27. The van der Waals surface area contributed by atoms with Gasteiger partial charge in [0.05, 0.1) is 6.61 Å². The summed E-state index contributed by atoms with van der Waals surface area (Å²) in [5, 5.41) is 0. The molecule has 2 fully saturated rings. The van der Waals surface area contributed by atoms with Gasteiger partial charge in [0.25, 0.3) is 5.91 Å². The van der Waals surface area contributed by atoms with Gasteiger partial charge in [-0.25, -0.2) is 0 Å². The molecule has 0 N–H and O–H groups in total. The minimum absolute atomic E-state index is 0.104. The Labute approximate surface area is 192 Å². The molecule has 1 saturated heterocycles. The molecule has 0 spiro atoms. The third-order valence-corrected chi connectivity index (χ3v) is 7.74. The highest BCUT2D eigenvalue weighted by Gasteiger charge is 2.28. The fraction of sp³-hybridized carbons (Fsp3) is 0.536. The van der Waals surface area contributed by atoms with Gasteiger partial charge in [0.2, 0.25) is 0 Å². The number of rotatable bonds is 6. The average Bonchev–Trinajstić information content (AvgIpc) is 3.66. The molecule has 32 heavy (non-hydrogen) atoms. The third kappa shape index (κ3) is 4.71. The summed E-state index contributed by atoms with van der Waals surface area (Å²) in [5.41, 5.74) is 5.10. The van der Waals surface area contributed by atoms with E-state index in [9.17, 15) is 4.79 Å². The van der Waals surface area contributed by atoms with Gasteiger partial charge in [0.1, 0.15) is 5.75 Å². The molecule has 5 rings (SSSR count). The Morgan fingerprint density at radius 3 is 2.59 bits per heavy atom. The zero-order valence-corrected chi connectivity index (χ0v) is 19.6. The van der Waals surface area contributed by atoms with Crippen molar-refractivity contribution >= 4 is 5.91 Å². The fourth-order valence-electron chi connectivity index (χ4n) is 5.35. The quantitative estimate of drug-likeness (QED) is 0.624. The van der Waals surface area contributed by atoms with Crippen molar-refractivity contribution in [3.63, 3.8) is 0 Å². The van der Waals surface area contributed by atoms with Crippen LogP contribution in [-0.4, -0.2) is 49.0 Å². The van der Waals surface area contributed by atoms with Crippen molar-refractivity contribution in [3.8, 4) is 5.75 Å². The van der Waals surface area contributed by atoms with Crippen molar-refractivity contribution in [1.29, 1.82) is 0 Å². The van der Waals surface area contributed by atoms with Gasteiger partial charge in [0.15, 0.2) is 0 Å². The summed E-state index contributed by atoms with van der Waals surface area (Å²) in [4.78, 5) is 17.6. The Morgan fingerprint density at radius 1 is 1.03 bits per heavy atom. The minimum atomic E-state index is 0.104. The number of amides is 1. The highest BCUT2D eigenvalue weighted by molar-refractivity contribution is 5.94. The largest absolute Gasteiger partial charge is 0.493 e. The predicted octanol–water partition coefficient (Wildman–Crippen LogP) is 5.26. The number of carbonyl (C=O) groups is 1. The Morgan fingerprint density at radius 2 is 1.84 bits per heavy atom. The van der Waals surface area contributed by atoms with Crippen LogP contribution in [0.15, 0.2) is 42.5 Å². The van der Waals surface area contributed by atoms with Crippen LogP contribution in [0.5, 0.6) is 5.75 Å². The summed E-state index contributed by atoms with van der Waals surface area (Å²) in [5.74, 6) is 1.70. The van der Waals surface area contributed by atoms with Gasteiger partial charge in [-0.1, -0.05) is 24.6 Å². The third-order valence-electron chi connectivity index (χ3n) is 7.74. The van der Waals surface area contributed by atoms with Crippen molar-refractivity contribution in [3.05, 3.63) is 64.7 Å². The molecule has 2 atom stereocenters. The van der Waals surface area contributed by atoms with Gasteiger partial charge in [-0.05, 0) is 105 Å². The maximum absolute atomic E-state index is 13.1. The summed E-state index contributed by atoms with van der Waals surface area (Å²) >= 11 is 0. The number of piperidine rings is 1. The van der Waals surface area contributed by atoms with Crippen molar-refractivity contribution in [2.75, 3.05) is 27.2 Å². The lowest BCUT2D eigenvalue weighted by atomic mass is 9.84. The van der Waals surface area contributed by atoms with Gasteiger partial charge < -0.3 is 9.64 Å². The number of nitrogens with zero attached hydrogens (tertiary/aromatic N) is 2. The maximum Gasteiger partial charge on any atom is 0.253 e. The molecule has 2 aliphatic carbocycles. The molecule has 1 amide bonds. The number of ether oxygens (including phenoxy) is 1. The van der Waals surface area contributed by atoms with Crippen LogP contribution in [0.1, 0.15) is 71.6 Å². The number of hydrogen-bond acceptors (Lipinski definition) is 3. The van der Waals surface area contributed by atoms with E-state index in [4.69, 9.17) is 4.74 Å². The average molecular weight is 433 g/mol. The molecule has 1 saturated carbocycles. The molecule has 1 aliphatic heterocycles. The minimum Gasteiger partial charge on any atom is -0.493 e.